The smallest absolute Gasteiger partial charge is 0.512 e. The van der Waals surface area contributed by atoms with Crippen molar-refractivity contribution >= 4 is 0 Å². The standard InChI is InChI=1S/C12H15N.CN.Na/c1-12(2,3)11-6-4-10(5-7-11)8-9-13;1-2;/h4-7H,8H2,1-3H3;;/q;-1;+1. The van der Waals surface area contributed by atoms with Crippen LogP contribution in [-0.2, 0) is 11.8 Å². The molecule has 0 fully saturated rings. The van der Waals surface area contributed by atoms with Crippen molar-refractivity contribution in [2.75, 3.05) is 0 Å². The van der Waals surface area contributed by atoms with Crippen molar-refractivity contribution in [3.05, 3.63) is 42.0 Å². The minimum absolute atomic E-state index is 0. The monoisotopic (exact) mass is 222 g/mol. The van der Waals surface area contributed by atoms with E-state index in [1.807, 2.05) is 12.1 Å². The van der Waals surface area contributed by atoms with E-state index in [9.17, 15) is 0 Å². The van der Waals surface area contributed by atoms with Gasteiger partial charge in [0, 0.05) is 0 Å². The van der Waals surface area contributed by atoms with E-state index in [0.717, 1.165) is 5.56 Å². The first-order valence-corrected chi connectivity index (χ1v) is 4.73. The van der Waals surface area contributed by atoms with Crippen molar-refractivity contribution in [3.63, 3.8) is 0 Å². The van der Waals surface area contributed by atoms with Gasteiger partial charge >= 0.3 is 29.6 Å². The Morgan fingerprint density at radius 1 is 1.12 bits per heavy atom. The average Bonchev–Trinajstić information content (AvgIpc) is 2.21. The van der Waals surface area contributed by atoms with E-state index in [-0.39, 0.29) is 35.0 Å². The van der Waals surface area contributed by atoms with Gasteiger partial charge in [0.25, 0.3) is 0 Å². The molecule has 0 bridgehead atoms. The van der Waals surface area contributed by atoms with Crippen molar-refractivity contribution in [2.45, 2.75) is 32.6 Å². The molecule has 0 amide bonds. The molecule has 0 radical (unpaired) electrons. The molecule has 0 heterocycles. The SMILES string of the molecule is CC(C)(C)c1ccc(CC#N)cc1.[C-]#N.[Na+]. The van der Waals surface area contributed by atoms with Gasteiger partial charge < -0.3 is 11.8 Å². The number of nitrogens with zero attached hydrogens (tertiary/aromatic N) is 2. The van der Waals surface area contributed by atoms with Gasteiger partial charge in [0.15, 0.2) is 0 Å². The molecule has 0 aromatic heterocycles. The van der Waals surface area contributed by atoms with Crippen LogP contribution in [0.5, 0.6) is 0 Å². The maximum absolute atomic E-state index is 8.50. The molecule has 16 heavy (non-hydrogen) atoms. The first-order valence-electron chi connectivity index (χ1n) is 4.73. The molecule has 0 spiro atoms. The zero-order chi connectivity index (χ0) is 11.9. The summed E-state index contributed by atoms with van der Waals surface area (Å²) in [5, 5.41) is 14.7. The van der Waals surface area contributed by atoms with Crippen LogP contribution in [0.15, 0.2) is 24.3 Å². The number of hydrogen-bond acceptors (Lipinski definition) is 2. The molecule has 0 saturated heterocycles. The van der Waals surface area contributed by atoms with Crippen molar-refractivity contribution in [3.8, 4) is 6.07 Å². The third kappa shape index (κ3) is 5.93. The van der Waals surface area contributed by atoms with Crippen LogP contribution < -0.4 is 29.6 Å². The first kappa shape index (κ1) is 17.6. The number of nitriles is 1. The summed E-state index contributed by atoms with van der Waals surface area (Å²) in [4.78, 5) is 0. The second-order valence-electron chi connectivity index (χ2n) is 4.28. The summed E-state index contributed by atoms with van der Waals surface area (Å²) in [6.07, 6.45) is 0.504. The fourth-order valence-electron chi connectivity index (χ4n) is 1.21. The van der Waals surface area contributed by atoms with Crippen LogP contribution in [0.4, 0.5) is 0 Å². The molecule has 0 N–H and O–H groups in total. The average molecular weight is 222 g/mol. The molecular formula is C13H15N2Na. The second kappa shape index (κ2) is 8.36. The van der Waals surface area contributed by atoms with Crippen molar-refractivity contribution < 1.29 is 29.6 Å². The Labute approximate surface area is 120 Å². The van der Waals surface area contributed by atoms with E-state index in [2.05, 4.69) is 39.0 Å². The molecule has 2 nitrogen and oxygen atoms in total. The maximum Gasteiger partial charge on any atom is 1.00 e. The third-order valence-electron chi connectivity index (χ3n) is 2.10. The molecule has 3 heteroatoms. The van der Waals surface area contributed by atoms with E-state index in [1.165, 1.54) is 5.56 Å². The second-order valence-corrected chi connectivity index (χ2v) is 4.28. The molecule has 1 rings (SSSR count). The Kier molecular flexibility index (Phi) is 9.19. The van der Waals surface area contributed by atoms with Crippen molar-refractivity contribution in [1.29, 1.82) is 10.5 Å². The van der Waals surface area contributed by atoms with E-state index in [4.69, 9.17) is 17.1 Å². The Morgan fingerprint density at radius 3 is 1.88 bits per heavy atom. The van der Waals surface area contributed by atoms with Gasteiger partial charge in [0.05, 0.1) is 12.5 Å². The summed E-state index contributed by atoms with van der Waals surface area (Å²) >= 11 is 0. The zero-order valence-corrected chi connectivity index (χ0v) is 12.4. The van der Waals surface area contributed by atoms with E-state index < -0.39 is 0 Å². The first-order chi connectivity index (χ1) is 7.04. The summed E-state index contributed by atoms with van der Waals surface area (Å²) in [7, 11) is 0. The number of hydrogen-bond donors (Lipinski definition) is 0. The summed E-state index contributed by atoms with van der Waals surface area (Å²) in [6, 6.07) is 10.4. The molecule has 0 aliphatic carbocycles. The zero-order valence-electron chi connectivity index (χ0n) is 10.4. The molecule has 0 aliphatic heterocycles. The predicted octanol–water partition coefficient (Wildman–Crippen LogP) is 0.151. The van der Waals surface area contributed by atoms with Crippen LogP contribution >= 0.6 is 0 Å². The normalized spacial score (nSPS) is 9.00. The van der Waals surface area contributed by atoms with Crippen LogP contribution in [0.1, 0.15) is 31.9 Å². The van der Waals surface area contributed by atoms with Gasteiger partial charge in [-0.1, -0.05) is 45.0 Å². The molecule has 0 unspecified atom stereocenters. The third-order valence-corrected chi connectivity index (χ3v) is 2.10. The van der Waals surface area contributed by atoms with Gasteiger partial charge in [-0.15, -0.1) is 0 Å². The molecule has 78 valence electrons. The van der Waals surface area contributed by atoms with Gasteiger partial charge in [-0.25, -0.2) is 0 Å². The molecule has 0 saturated carbocycles. The minimum atomic E-state index is 0. The molecule has 0 atom stereocenters. The van der Waals surface area contributed by atoms with E-state index >= 15 is 0 Å². The van der Waals surface area contributed by atoms with Crippen molar-refractivity contribution in [2.24, 2.45) is 0 Å². The molecule has 1 aromatic carbocycles. The van der Waals surface area contributed by atoms with Gasteiger partial charge in [-0.3, -0.25) is 0 Å². The Morgan fingerprint density at radius 2 is 1.56 bits per heavy atom. The Hall–Kier alpha value is -0.800. The van der Waals surface area contributed by atoms with Gasteiger partial charge in [-0.05, 0) is 16.5 Å². The minimum Gasteiger partial charge on any atom is -0.512 e. The van der Waals surface area contributed by atoms with Crippen LogP contribution in [0.25, 0.3) is 0 Å². The topological polar surface area (TPSA) is 47.6 Å². The summed E-state index contributed by atoms with van der Waals surface area (Å²) in [5.74, 6) is 0. The fraction of sp³-hybridized carbons (Fsp3) is 0.385. The van der Waals surface area contributed by atoms with Gasteiger partial charge in [0.1, 0.15) is 0 Å². The molecule has 1 aromatic rings. The van der Waals surface area contributed by atoms with Crippen LogP contribution in [0, 0.1) is 23.2 Å². The van der Waals surface area contributed by atoms with Gasteiger partial charge in [-0.2, -0.15) is 5.26 Å². The number of benzene rings is 1. The maximum atomic E-state index is 8.50. The fourth-order valence-corrected chi connectivity index (χ4v) is 1.21. The predicted molar refractivity (Wildman–Crippen MR) is 59.4 cm³/mol. The van der Waals surface area contributed by atoms with E-state index in [0.29, 0.717) is 6.42 Å². The number of rotatable bonds is 1. The summed E-state index contributed by atoms with van der Waals surface area (Å²) in [6.45, 7) is 11.3. The van der Waals surface area contributed by atoms with Gasteiger partial charge in [0.2, 0.25) is 0 Å². The van der Waals surface area contributed by atoms with Crippen LogP contribution in [0.2, 0.25) is 0 Å². The quantitative estimate of drug-likeness (QED) is 0.501. The van der Waals surface area contributed by atoms with Crippen LogP contribution in [0.3, 0.4) is 0 Å². The Bertz CT molecular complexity index is 352. The Balaban J connectivity index is 0. The summed E-state index contributed by atoms with van der Waals surface area (Å²) in [5.41, 5.74) is 2.61. The largest absolute Gasteiger partial charge is 1.00 e. The van der Waals surface area contributed by atoms with Crippen LogP contribution in [-0.4, -0.2) is 0 Å². The summed E-state index contributed by atoms with van der Waals surface area (Å²) < 4.78 is 0. The van der Waals surface area contributed by atoms with Crippen molar-refractivity contribution in [1.82, 2.24) is 0 Å². The van der Waals surface area contributed by atoms with E-state index in [1.54, 1.807) is 0 Å². The molecule has 0 aliphatic rings. The molecular weight excluding hydrogens is 207 g/mol.